The van der Waals surface area contributed by atoms with Gasteiger partial charge in [0.2, 0.25) is 0 Å². The zero-order valence-corrected chi connectivity index (χ0v) is 16.0. The van der Waals surface area contributed by atoms with E-state index >= 15 is 0 Å². The molecule has 0 amide bonds. The molecular formula is C17H33CaO4P. The van der Waals surface area contributed by atoms with Crippen LogP contribution in [0, 0.1) is 0 Å². The summed E-state index contributed by atoms with van der Waals surface area (Å²) in [6.07, 6.45) is 1.01. The molecule has 0 bridgehead atoms. The average Bonchev–Trinajstić information content (AvgIpc) is 2.36. The summed E-state index contributed by atoms with van der Waals surface area (Å²) < 4.78 is 3.93. The average molecular weight is 372 g/mol. The fraction of sp³-hybridized carbons (Fsp3) is 0.647. The van der Waals surface area contributed by atoms with Crippen LogP contribution >= 0.6 is 8.60 Å². The van der Waals surface area contributed by atoms with E-state index in [1.165, 1.54) is 12.7 Å². The van der Waals surface area contributed by atoms with Gasteiger partial charge in [-0.2, -0.15) is 0 Å². The molecule has 0 saturated heterocycles. The Morgan fingerprint density at radius 3 is 1.43 bits per heavy atom. The summed E-state index contributed by atoms with van der Waals surface area (Å²) in [6.45, 7) is 15.0. The van der Waals surface area contributed by atoms with Crippen LogP contribution < -0.4 is 0 Å². The topological polar surface area (TPSA) is 69.9 Å². The molecule has 0 aliphatic carbocycles. The molecular weight excluding hydrogens is 339 g/mol. The van der Waals surface area contributed by atoms with Crippen molar-refractivity contribution < 1.29 is 19.4 Å². The van der Waals surface area contributed by atoms with Crippen molar-refractivity contribution in [3.05, 3.63) is 28.8 Å². The van der Waals surface area contributed by atoms with Crippen molar-refractivity contribution in [3.8, 4) is 5.75 Å². The van der Waals surface area contributed by atoms with Crippen LogP contribution in [-0.2, 0) is 21.8 Å². The van der Waals surface area contributed by atoms with Crippen molar-refractivity contribution in [2.45, 2.75) is 65.7 Å². The minimum atomic E-state index is -2.10. The van der Waals surface area contributed by atoms with Crippen molar-refractivity contribution in [3.63, 3.8) is 0 Å². The van der Waals surface area contributed by atoms with Crippen LogP contribution in [0.3, 0.4) is 0 Å². The van der Waals surface area contributed by atoms with Gasteiger partial charge in [0.05, 0.1) is 0 Å². The SMILES string of the molecule is CCc1cc(C(C)(C)C)c(O)c(C(C)(C)C)c1.COP(O)O.[CaH2]. The van der Waals surface area contributed by atoms with Gasteiger partial charge in [0, 0.05) is 7.11 Å². The van der Waals surface area contributed by atoms with Crippen molar-refractivity contribution in [1.82, 2.24) is 0 Å². The van der Waals surface area contributed by atoms with Crippen LogP contribution in [0.2, 0.25) is 0 Å². The van der Waals surface area contributed by atoms with Crippen molar-refractivity contribution in [2.24, 2.45) is 0 Å². The quantitative estimate of drug-likeness (QED) is 0.549. The maximum absolute atomic E-state index is 10.5. The predicted octanol–water partition coefficient (Wildman–Crippen LogP) is 3.48. The van der Waals surface area contributed by atoms with Gasteiger partial charge in [-0.05, 0) is 33.9 Å². The molecule has 0 unspecified atom stereocenters. The van der Waals surface area contributed by atoms with Crippen molar-refractivity contribution >= 4 is 46.3 Å². The first-order valence-corrected chi connectivity index (χ1v) is 8.59. The standard InChI is InChI=1S/C16H26O.CH5O3P.Ca.2H/c1-8-11-9-12(15(2,3)4)14(17)13(10-11)16(5,6)7;1-4-5(2)3;;;/h9-10,17H,8H2,1-7H3;2-3H,1H3;;;. The van der Waals surface area contributed by atoms with E-state index in [0.717, 1.165) is 17.5 Å². The van der Waals surface area contributed by atoms with Crippen LogP contribution in [0.5, 0.6) is 5.75 Å². The minimum absolute atomic E-state index is 0. The van der Waals surface area contributed by atoms with E-state index in [9.17, 15) is 5.11 Å². The molecule has 0 saturated carbocycles. The van der Waals surface area contributed by atoms with Gasteiger partial charge < -0.3 is 19.4 Å². The second-order valence-electron chi connectivity index (χ2n) is 7.33. The van der Waals surface area contributed by atoms with E-state index in [0.29, 0.717) is 5.75 Å². The molecule has 1 aromatic rings. The summed E-state index contributed by atoms with van der Waals surface area (Å²) in [5.74, 6) is 0.474. The van der Waals surface area contributed by atoms with E-state index in [1.54, 1.807) is 0 Å². The Morgan fingerprint density at radius 1 is 0.957 bits per heavy atom. The van der Waals surface area contributed by atoms with Crippen LogP contribution in [0.15, 0.2) is 12.1 Å². The second-order valence-corrected chi connectivity index (χ2v) is 8.20. The molecule has 1 aromatic carbocycles. The molecule has 132 valence electrons. The molecule has 6 heteroatoms. The van der Waals surface area contributed by atoms with Crippen LogP contribution in [0.25, 0.3) is 0 Å². The number of phenolic OH excluding ortho intramolecular Hbond substituents is 1. The zero-order valence-electron chi connectivity index (χ0n) is 15.1. The summed E-state index contributed by atoms with van der Waals surface area (Å²) in [5.41, 5.74) is 3.38. The van der Waals surface area contributed by atoms with Gasteiger partial charge in [0.25, 0.3) is 0 Å². The Kier molecular flexibility index (Phi) is 11.8. The van der Waals surface area contributed by atoms with E-state index < -0.39 is 8.60 Å². The third kappa shape index (κ3) is 9.02. The van der Waals surface area contributed by atoms with Gasteiger partial charge in [-0.25, -0.2) is 0 Å². The molecule has 0 atom stereocenters. The van der Waals surface area contributed by atoms with Gasteiger partial charge in [0.15, 0.2) is 0 Å². The van der Waals surface area contributed by atoms with Gasteiger partial charge >= 0.3 is 46.3 Å². The fourth-order valence-electron chi connectivity index (χ4n) is 2.04. The molecule has 0 fully saturated rings. The number of hydrogen-bond donors (Lipinski definition) is 3. The summed E-state index contributed by atoms with van der Waals surface area (Å²) in [5, 5.41) is 10.5. The van der Waals surface area contributed by atoms with Gasteiger partial charge in [-0.1, -0.05) is 60.6 Å². The Bertz CT molecular complexity index is 441. The number of aryl methyl sites for hydroxylation is 1. The molecule has 0 aliphatic rings. The Labute approximate surface area is 172 Å². The van der Waals surface area contributed by atoms with Crippen LogP contribution in [0.4, 0.5) is 0 Å². The Morgan fingerprint density at radius 2 is 1.26 bits per heavy atom. The predicted molar refractivity (Wildman–Crippen MR) is 102 cm³/mol. The summed E-state index contributed by atoms with van der Waals surface area (Å²) in [4.78, 5) is 15.5. The maximum atomic E-state index is 10.5. The second kappa shape index (κ2) is 10.6. The van der Waals surface area contributed by atoms with Gasteiger partial charge in [-0.3, -0.25) is 0 Å². The fourth-order valence-corrected chi connectivity index (χ4v) is 2.04. The molecule has 23 heavy (non-hydrogen) atoms. The summed E-state index contributed by atoms with van der Waals surface area (Å²) >= 11 is 0. The first kappa shape index (κ1) is 25.8. The summed E-state index contributed by atoms with van der Waals surface area (Å²) in [7, 11) is -0.870. The number of aromatic hydroxyl groups is 1. The molecule has 1 rings (SSSR count). The first-order chi connectivity index (χ1) is 9.84. The summed E-state index contributed by atoms with van der Waals surface area (Å²) in [6, 6.07) is 4.29. The number of phenols is 1. The van der Waals surface area contributed by atoms with Crippen LogP contribution in [0.1, 0.15) is 65.2 Å². The molecule has 3 N–H and O–H groups in total. The number of rotatable bonds is 2. The molecule has 0 aliphatic heterocycles. The third-order valence-electron chi connectivity index (χ3n) is 3.36. The van der Waals surface area contributed by atoms with Gasteiger partial charge in [0.1, 0.15) is 5.75 Å². The Balaban J connectivity index is 0. The first-order valence-electron chi connectivity index (χ1n) is 7.43. The third-order valence-corrected chi connectivity index (χ3v) is 3.68. The number of hydrogen-bond acceptors (Lipinski definition) is 4. The zero-order chi connectivity index (χ0) is 17.7. The molecule has 0 aromatic heterocycles. The van der Waals surface area contributed by atoms with Crippen molar-refractivity contribution in [1.29, 1.82) is 0 Å². The molecule has 0 radical (unpaired) electrons. The monoisotopic (exact) mass is 372 g/mol. The molecule has 4 nitrogen and oxygen atoms in total. The number of benzene rings is 1. The van der Waals surface area contributed by atoms with E-state index in [4.69, 9.17) is 9.79 Å². The van der Waals surface area contributed by atoms with E-state index in [-0.39, 0.29) is 48.6 Å². The van der Waals surface area contributed by atoms with E-state index in [1.807, 2.05) is 0 Å². The van der Waals surface area contributed by atoms with Gasteiger partial charge in [-0.15, -0.1) is 0 Å². The normalized spacial score (nSPS) is 11.6. The van der Waals surface area contributed by atoms with E-state index in [2.05, 4.69) is 65.1 Å². The Hall–Kier alpha value is 0.590. The van der Waals surface area contributed by atoms with Crippen molar-refractivity contribution in [2.75, 3.05) is 7.11 Å². The molecule has 0 spiro atoms. The molecule has 0 heterocycles. The van der Waals surface area contributed by atoms with Crippen LogP contribution in [-0.4, -0.2) is 59.7 Å².